The smallest absolute Gasteiger partial charge is 0.0931 e. The molecule has 0 radical (unpaired) electrons. The van der Waals surface area contributed by atoms with E-state index in [2.05, 4.69) is 16.1 Å². The van der Waals surface area contributed by atoms with Crippen molar-refractivity contribution in [2.75, 3.05) is 0 Å². The summed E-state index contributed by atoms with van der Waals surface area (Å²) in [6.45, 7) is 1.46. The molecule has 0 unspecified atom stereocenters. The minimum absolute atomic E-state index is 0.595. The molecule has 0 atom stereocenters. The van der Waals surface area contributed by atoms with Crippen LogP contribution in [0.2, 0.25) is 4.34 Å². The molecule has 0 bridgehead atoms. The van der Waals surface area contributed by atoms with Gasteiger partial charge in [0.05, 0.1) is 4.34 Å². The molecular weight excluding hydrogens is 216 g/mol. The number of aromatic nitrogens is 1. The second-order valence-electron chi connectivity index (χ2n) is 3.16. The number of nitrogens with two attached hydrogens (primary N) is 1. The second-order valence-corrected chi connectivity index (χ2v) is 4.70. The fourth-order valence-corrected chi connectivity index (χ4v) is 2.25. The van der Waals surface area contributed by atoms with Crippen molar-refractivity contribution in [1.29, 1.82) is 0 Å². The van der Waals surface area contributed by atoms with Crippen LogP contribution in [0.25, 0.3) is 0 Å². The van der Waals surface area contributed by atoms with Gasteiger partial charge in [0.1, 0.15) is 0 Å². The lowest BCUT2D eigenvalue weighted by Crippen LogP contribution is -1.96. The molecular formula is C10H11ClN2S. The van der Waals surface area contributed by atoms with E-state index in [1.165, 1.54) is 5.56 Å². The Hall–Kier alpha value is -0.770. The van der Waals surface area contributed by atoms with Gasteiger partial charge in [-0.2, -0.15) is 0 Å². The van der Waals surface area contributed by atoms with Gasteiger partial charge in [0.25, 0.3) is 0 Å². The van der Waals surface area contributed by atoms with Gasteiger partial charge in [-0.3, -0.25) is 0 Å². The third-order valence-corrected chi connectivity index (χ3v) is 3.17. The summed E-state index contributed by atoms with van der Waals surface area (Å²) in [5.41, 5.74) is 7.92. The molecule has 4 heteroatoms. The van der Waals surface area contributed by atoms with Gasteiger partial charge in [-0.05, 0) is 28.6 Å². The van der Waals surface area contributed by atoms with Crippen molar-refractivity contribution < 1.29 is 0 Å². The Labute approximate surface area is 91.9 Å². The molecule has 0 aliphatic carbocycles. The summed E-state index contributed by atoms with van der Waals surface area (Å²) in [7, 11) is 0. The number of thiophene rings is 1. The lowest BCUT2D eigenvalue weighted by molar-refractivity contribution is 0.804. The highest BCUT2D eigenvalue weighted by Crippen LogP contribution is 2.20. The number of nitrogens with zero attached hydrogens (tertiary/aromatic N) is 1. The first-order chi connectivity index (χ1) is 6.78. The normalized spacial score (nSPS) is 10.7. The average molecular weight is 227 g/mol. The Balaban J connectivity index is 2.10. The van der Waals surface area contributed by atoms with Crippen molar-refractivity contribution in [2.45, 2.75) is 13.1 Å². The molecule has 74 valence electrons. The summed E-state index contributed by atoms with van der Waals surface area (Å²) in [6.07, 6.45) is 4.10. The third-order valence-electron chi connectivity index (χ3n) is 2.03. The second kappa shape index (κ2) is 4.17. The highest BCUT2D eigenvalue weighted by atomic mass is 35.5. The van der Waals surface area contributed by atoms with E-state index in [1.807, 2.05) is 18.3 Å². The average Bonchev–Trinajstić information content (AvgIpc) is 2.76. The fraction of sp³-hybridized carbons (Fsp3) is 0.200. The van der Waals surface area contributed by atoms with Gasteiger partial charge in [-0.15, -0.1) is 11.3 Å². The molecule has 0 amide bonds. The maximum Gasteiger partial charge on any atom is 0.0931 e. The number of halogens is 1. The maximum atomic E-state index is 5.85. The van der Waals surface area contributed by atoms with Gasteiger partial charge >= 0.3 is 0 Å². The van der Waals surface area contributed by atoms with Crippen molar-refractivity contribution in [3.63, 3.8) is 0 Å². The van der Waals surface area contributed by atoms with Crippen LogP contribution < -0.4 is 5.73 Å². The largest absolute Gasteiger partial charge is 0.350 e. The van der Waals surface area contributed by atoms with Crippen molar-refractivity contribution >= 4 is 22.9 Å². The summed E-state index contributed by atoms with van der Waals surface area (Å²) >= 11 is 7.41. The zero-order chi connectivity index (χ0) is 9.97. The van der Waals surface area contributed by atoms with Crippen molar-refractivity contribution in [1.82, 2.24) is 4.57 Å². The first kappa shape index (κ1) is 9.77. The third kappa shape index (κ3) is 2.18. The highest BCUT2D eigenvalue weighted by Gasteiger charge is 1.99. The minimum atomic E-state index is 0.595. The molecule has 2 N–H and O–H groups in total. The van der Waals surface area contributed by atoms with Crippen LogP contribution in [0.4, 0.5) is 0 Å². The Bertz CT molecular complexity index is 419. The molecule has 2 heterocycles. The molecule has 2 rings (SSSR count). The van der Waals surface area contributed by atoms with Gasteiger partial charge < -0.3 is 10.3 Å². The van der Waals surface area contributed by atoms with E-state index in [1.54, 1.807) is 11.3 Å². The maximum absolute atomic E-state index is 5.85. The number of hydrogen-bond donors (Lipinski definition) is 1. The van der Waals surface area contributed by atoms with Crippen LogP contribution in [0, 0.1) is 0 Å². The number of hydrogen-bond acceptors (Lipinski definition) is 2. The van der Waals surface area contributed by atoms with Gasteiger partial charge in [0.15, 0.2) is 0 Å². The van der Waals surface area contributed by atoms with Crippen LogP contribution >= 0.6 is 22.9 Å². The van der Waals surface area contributed by atoms with E-state index in [9.17, 15) is 0 Å². The first-order valence-corrected chi connectivity index (χ1v) is 5.61. The number of rotatable bonds is 3. The fourth-order valence-electron chi connectivity index (χ4n) is 1.35. The van der Waals surface area contributed by atoms with E-state index >= 15 is 0 Å². The van der Waals surface area contributed by atoms with E-state index in [0.29, 0.717) is 6.54 Å². The molecule has 0 saturated heterocycles. The quantitative estimate of drug-likeness (QED) is 0.857. The van der Waals surface area contributed by atoms with E-state index in [-0.39, 0.29) is 0 Å². The van der Waals surface area contributed by atoms with Gasteiger partial charge in [-0.1, -0.05) is 11.6 Å². The molecule has 0 aliphatic rings. The standard InChI is InChI=1S/C10H11ClN2S/c11-10-3-9(7-14-10)6-13-2-1-8(4-12)5-13/h1-3,5,7H,4,6,12H2. The highest BCUT2D eigenvalue weighted by molar-refractivity contribution is 7.14. The van der Waals surface area contributed by atoms with E-state index in [0.717, 1.165) is 16.4 Å². The zero-order valence-electron chi connectivity index (χ0n) is 7.61. The van der Waals surface area contributed by atoms with Gasteiger partial charge in [0, 0.05) is 25.5 Å². The summed E-state index contributed by atoms with van der Waals surface area (Å²) in [5, 5.41) is 2.07. The predicted octanol–water partition coefficient (Wildman–Crippen LogP) is 2.71. The Morgan fingerprint density at radius 2 is 2.29 bits per heavy atom. The summed E-state index contributed by atoms with van der Waals surface area (Å²) in [5.74, 6) is 0. The summed E-state index contributed by atoms with van der Waals surface area (Å²) < 4.78 is 2.95. The monoisotopic (exact) mass is 226 g/mol. The molecule has 2 aromatic rings. The van der Waals surface area contributed by atoms with E-state index in [4.69, 9.17) is 17.3 Å². The minimum Gasteiger partial charge on any atom is -0.350 e. The molecule has 14 heavy (non-hydrogen) atoms. The van der Waals surface area contributed by atoms with Crippen LogP contribution in [0.5, 0.6) is 0 Å². The Kier molecular flexibility index (Phi) is 2.91. The lowest BCUT2D eigenvalue weighted by Gasteiger charge is -1.98. The topological polar surface area (TPSA) is 30.9 Å². The van der Waals surface area contributed by atoms with Gasteiger partial charge in [-0.25, -0.2) is 0 Å². The molecule has 0 spiro atoms. The van der Waals surface area contributed by atoms with Crippen molar-refractivity contribution in [3.8, 4) is 0 Å². The van der Waals surface area contributed by atoms with Crippen molar-refractivity contribution in [2.24, 2.45) is 5.73 Å². The molecule has 0 aromatic carbocycles. The zero-order valence-corrected chi connectivity index (χ0v) is 9.18. The molecule has 2 nitrogen and oxygen atoms in total. The molecule has 0 fully saturated rings. The SMILES string of the molecule is NCc1ccn(Cc2csc(Cl)c2)c1. The van der Waals surface area contributed by atoms with Crippen LogP contribution in [0.15, 0.2) is 29.9 Å². The molecule has 0 saturated carbocycles. The van der Waals surface area contributed by atoms with Crippen LogP contribution in [-0.4, -0.2) is 4.57 Å². The molecule has 0 aliphatic heterocycles. The Morgan fingerprint density at radius 3 is 2.86 bits per heavy atom. The predicted molar refractivity (Wildman–Crippen MR) is 60.8 cm³/mol. The summed E-state index contributed by atoms with van der Waals surface area (Å²) in [6, 6.07) is 4.03. The van der Waals surface area contributed by atoms with Gasteiger partial charge in [0.2, 0.25) is 0 Å². The van der Waals surface area contributed by atoms with Crippen molar-refractivity contribution in [3.05, 3.63) is 45.4 Å². The Morgan fingerprint density at radius 1 is 1.43 bits per heavy atom. The lowest BCUT2D eigenvalue weighted by atomic mass is 10.3. The molecule has 2 aromatic heterocycles. The van der Waals surface area contributed by atoms with Crippen LogP contribution in [-0.2, 0) is 13.1 Å². The summed E-state index contributed by atoms with van der Waals surface area (Å²) in [4.78, 5) is 0. The van der Waals surface area contributed by atoms with Crippen LogP contribution in [0.3, 0.4) is 0 Å². The van der Waals surface area contributed by atoms with E-state index < -0.39 is 0 Å². The first-order valence-electron chi connectivity index (χ1n) is 4.35. The van der Waals surface area contributed by atoms with Crippen LogP contribution in [0.1, 0.15) is 11.1 Å².